The first kappa shape index (κ1) is 19.8. The van der Waals surface area contributed by atoms with Gasteiger partial charge in [-0.05, 0) is 43.1 Å². The Morgan fingerprint density at radius 3 is 2.38 bits per heavy atom. The van der Waals surface area contributed by atoms with Crippen molar-refractivity contribution in [3.05, 3.63) is 59.7 Å². The van der Waals surface area contributed by atoms with E-state index in [0.717, 1.165) is 35.6 Å². The average molecular weight is 356 g/mol. The van der Waals surface area contributed by atoms with E-state index in [2.05, 4.69) is 5.32 Å². The smallest absolute Gasteiger partial charge is 0.236 e. The summed E-state index contributed by atoms with van der Waals surface area (Å²) in [6.45, 7) is 4.42. The summed E-state index contributed by atoms with van der Waals surface area (Å²) in [5.74, 6) is 1.56. The van der Waals surface area contributed by atoms with Crippen LogP contribution in [-0.2, 0) is 17.8 Å². The molecule has 0 bridgehead atoms. The van der Waals surface area contributed by atoms with Gasteiger partial charge in [0.15, 0.2) is 11.5 Å². The van der Waals surface area contributed by atoms with Gasteiger partial charge in [0.2, 0.25) is 5.91 Å². The third-order valence-electron chi connectivity index (χ3n) is 4.27. The van der Waals surface area contributed by atoms with Crippen LogP contribution in [0.5, 0.6) is 11.5 Å². The number of ether oxygens (including phenoxy) is 2. The zero-order chi connectivity index (χ0) is 18.8. The Balaban J connectivity index is 1.78. The van der Waals surface area contributed by atoms with Crippen LogP contribution in [0.3, 0.4) is 0 Å². The van der Waals surface area contributed by atoms with E-state index in [-0.39, 0.29) is 5.91 Å². The number of benzene rings is 2. The van der Waals surface area contributed by atoms with Gasteiger partial charge in [-0.25, -0.2) is 0 Å². The predicted molar refractivity (Wildman–Crippen MR) is 104 cm³/mol. The lowest BCUT2D eigenvalue weighted by Crippen LogP contribution is -2.38. The molecule has 0 fully saturated rings. The van der Waals surface area contributed by atoms with Gasteiger partial charge in [0.05, 0.1) is 20.8 Å². The average Bonchev–Trinajstić information content (AvgIpc) is 2.69. The number of rotatable bonds is 10. The van der Waals surface area contributed by atoms with Crippen molar-refractivity contribution >= 4 is 5.91 Å². The van der Waals surface area contributed by atoms with Crippen molar-refractivity contribution in [3.8, 4) is 11.5 Å². The van der Waals surface area contributed by atoms with E-state index in [9.17, 15) is 4.79 Å². The molecule has 140 valence electrons. The molecular formula is C21H28N2O3. The molecule has 0 unspecified atom stereocenters. The molecule has 2 rings (SSSR count). The summed E-state index contributed by atoms with van der Waals surface area (Å²) in [7, 11) is 3.25. The minimum atomic E-state index is 0.115. The zero-order valence-electron chi connectivity index (χ0n) is 15.8. The van der Waals surface area contributed by atoms with E-state index in [1.54, 1.807) is 14.2 Å². The summed E-state index contributed by atoms with van der Waals surface area (Å²) < 4.78 is 10.6. The largest absolute Gasteiger partial charge is 0.493 e. The van der Waals surface area contributed by atoms with Gasteiger partial charge >= 0.3 is 0 Å². The third kappa shape index (κ3) is 5.77. The molecule has 26 heavy (non-hydrogen) atoms. The van der Waals surface area contributed by atoms with Crippen LogP contribution in [0.2, 0.25) is 0 Å². The molecule has 0 saturated heterocycles. The van der Waals surface area contributed by atoms with Gasteiger partial charge in [0.25, 0.3) is 0 Å². The SMILES string of the molecule is CCN(Cc1ccccc1)C(=O)CNCCc1ccc(OC)c(OC)c1. The van der Waals surface area contributed by atoms with Gasteiger partial charge < -0.3 is 19.7 Å². The first-order chi connectivity index (χ1) is 12.7. The first-order valence-corrected chi connectivity index (χ1v) is 8.91. The molecule has 2 aromatic rings. The van der Waals surface area contributed by atoms with Crippen LogP contribution >= 0.6 is 0 Å². The summed E-state index contributed by atoms with van der Waals surface area (Å²) in [6.07, 6.45) is 0.818. The molecular weight excluding hydrogens is 328 g/mol. The summed E-state index contributed by atoms with van der Waals surface area (Å²) in [6, 6.07) is 15.9. The maximum Gasteiger partial charge on any atom is 0.236 e. The Labute approximate surface area is 155 Å². The van der Waals surface area contributed by atoms with Crippen LogP contribution in [0.1, 0.15) is 18.1 Å². The number of nitrogens with one attached hydrogen (secondary N) is 1. The molecule has 5 heteroatoms. The molecule has 0 aliphatic rings. The fourth-order valence-corrected chi connectivity index (χ4v) is 2.76. The Kier molecular flexibility index (Phi) is 7.96. The predicted octanol–water partition coefficient (Wildman–Crippen LogP) is 2.88. The number of carbonyl (C=O) groups excluding carboxylic acids is 1. The summed E-state index contributed by atoms with van der Waals surface area (Å²) >= 11 is 0. The van der Waals surface area contributed by atoms with Crippen molar-refractivity contribution in [1.82, 2.24) is 10.2 Å². The highest BCUT2D eigenvalue weighted by atomic mass is 16.5. The molecule has 5 nitrogen and oxygen atoms in total. The Morgan fingerprint density at radius 1 is 1.00 bits per heavy atom. The highest BCUT2D eigenvalue weighted by Crippen LogP contribution is 2.27. The summed E-state index contributed by atoms with van der Waals surface area (Å²) in [5, 5.41) is 3.24. The van der Waals surface area contributed by atoms with Gasteiger partial charge in [0, 0.05) is 13.1 Å². The van der Waals surface area contributed by atoms with Crippen molar-refractivity contribution in [2.75, 3.05) is 33.9 Å². The minimum Gasteiger partial charge on any atom is -0.493 e. The minimum absolute atomic E-state index is 0.115. The zero-order valence-corrected chi connectivity index (χ0v) is 15.8. The van der Waals surface area contributed by atoms with Crippen LogP contribution in [0.25, 0.3) is 0 Å². The van der Waals surface area contributed by atoms with Crippen LogP contribution in [0.15, 0.2) is 48.5 Å². The van der Waals surface area contributed by atoms with Gasteiger partial charge in [0.1, 0.15) is 0 Å². The summed E-state index contributed by atoms with van der Waals surface area (Å²) in [5.41, 5.74) is 2.28. The second-order valence-corrected chi connectivity index (χ2v) is 6.01. The monoisotopic (exact) mass is 356 g/mol. The number of hydrogen-bond donors (Lipinski definition) is 1. The Bertz CT molecular complexity index is 689. The van der Waals surface area contributed by atoms with Crippen molar-refractivity contribution in [2.45, 2.75) is 19.9 Å². The second-order valence-electron chi connectivity index (χ2n) is 6.01. The standard InChI is InChI=1S/C21H28N2O3/c1-4-23(16-18-8-6-5-7-9-18)21(24)15-22-13-12-17-10-11-19(25-2)20(14-17)26-3/h5-11,14,22H,4,12-13,15-16H2,1-3H3. The molecule has 0 radical (unpaired) electrons. The van der Waals surface area contributed by atoms with E-state index in [0.29, 0.717) is 19.6 Å². The van der Waals surface area contributed by atoms with Gasteiger partial charge in [-0.2, -0.15) is 0 Å². The number of likely N-dealkylation sites (N-methyl/N-ethyl adjacent to an activating group) is 1. The van der Waals surface area contributed by atoms with Crippen molar-refractivity contribution in [1.29, 1.82) is 0 Å². The fraction of sp³-hybridized carbons (Fsp3) is 0.381. The molecule has 2 aromatic carbocycles. The van der Waals surface area contributed by atoms with E-state index < -0.39 is 0 Å². The molecule has 0 aliphatic carbocycles. The lowest BCUT2D eigenvalue weighted by atomic mass is 10.1. The van der Waals surface area contributed by atoms with Gasteiger partial charge in [-0.3, -0.25) is 4.79 Å². The molecule has 0 spiro atoms. The van der Waals surface area contributed by atoms with Crippen LogP contribution < -0.4 is 14.8 Å². The number of hydrogen-bond acceptors (Lipinski definition) is 4. The molecule has 0 aromatic heterocycles. The maximum atomic E-state index is 12.4. The lowest BCUT2D eigenvalue weighted by Gasteiger charge is -2.21. The number of nitrogens with zero attached hydrogens (tertiary/aromatic N) is 1. The van der Waals surface area contributed by atoms with E-state index in [1.165, 1.54) is 0 Å². The Morgan fingerprint density at radius 2 is 1.73 bits per heavy atom. The molecule has 0 aliphatic heterocycles. The van der Waals surface area contributed by atoms with Crippen molar-refractivity contribution < 1.29 is 14.3 Å². The molecule has 0 heterocycles. The molecule has 0 saturated carbocycles. The highest BCUT2D eigenvalue weighted by Gasteiger charge is 2.11. The maximum absolute atomic E-state index is 12.4. The number of methoxy groups -OCH3 is 2. The van der Waals surface area contributed by atoms with Crippen molar-refractivity contribution in [2.24, 2.45) is 0 Å². The van der Waals surface area contributed by atoms with Crippen molar-refractivity contribution in [3.63, 3.8) is 0 Å². The third-order valence-corrected chi connectivity index (χ3v) is 4.27. The van der Waals surface area contributed by atoms with E-state index in [4.69, 9.17) is 9.47 Å². The number of carbonyl (C=O) groups is 1. The first-order valence-electron chi connectivity index (χ1n) is 8.91. The Hall–Kier alpha value is -2.53. The topological polar surface area (TPSA) is 50.8 Å². The highest BCUT2D eigenvalue weighted by molar-refractivity contribution is 5.78. The number of amides is 1. The van der Waals surface area contributed by atoms with E-state index in [1.807, 2.05) is 60.4 Å². The fourth-order valence-electron chi connectivity index (χ4n) is 2.76. The molecule has 0 atom stereocenters. The van der Waals surface area contributed by atoms with Crippen LogP contribution in [0.4, 0.5) is 0 Å². The van der Waals surface area contributed by atoms with Crippen LogP contribution in [0, 0.1) is 0 Å². The quantitative estimate of drug-likeness (QED) is 0.665. The second kappa shape index (κ2) is 10.5. The molecule has 1 amide bonds. The van der Waals surface area contributed by atoms with Gasteiger partial charge in [-0.15, -0.1) is 0 Å². The summed E-state index contributed by atoms with van der Waals surface area (Å²) in [4.78, 5) is 14.3. The lowest BCUT2D eigenvalue weighted by molar-refractivity contribution is -0.130. The van der Waals surface area contributed by atoms with Gasteiger partial charge in [-0.1, -0.05) is 36.4 Å². The van der Waals surface area contributed by atoms with E-state index >= 15 is 0 Å². The molecule has 1 N–H and O–H groups in total. The van der Waals surface area contributed by atoms with Crippen LogP contribution in [-0.4, -0.2) is 44.7 Å². The normalized spacial score (nSPS) is 10.4.